The number of likely N-dealkylation sites (tertiary alicyclic amines) is 1. The highest BCUT2D eigenvalue weighted by Gasteiger charge is 2.70. The quantitative estimate of drug-likeness (QED) is 0.156. The van der Waals surface area contributed by atoms with Crippen molar-refractivity contribution in [1.82, 2.24) is 26.2 Å². The molecule has 4 fully saturated rings. The Hall–Kier alpha value is -3.14. The first-order valence-corrected chi connectivity index (χ1v) is 20.6. The van der Waals surface area contributed by atoms with E-state index in [-0.39, 0.29) is 41.8 Å². The molecule has 1 unspecified atom stereocenters. The van der Waals surface area contributed by atoms with Crippen LogP contribution in [0.25, 0.3) is 0 Å². The van der Waals surface area contributed by atoms with Gasteiger partial charge >= 0.3 is 6.03 Å². The molecule has 0 aromatic rings. The Labute approximate surface area is 305 Å². The molecule has 5 amide bonds. The van der Waals surface area contributed by atoms with Crippen LogP contribution in [0.1, 0.15) is 126 Å². The van der Waals surface area contributed by atoms with E-state index in [1.54, 1.807) is 25.7 Å². The lowest BCUT2D eigenvalue weighted by Gasteiger charge is -2.42. The molecule has 1 saturated heterocycles. The molecule has 1 aliphatic heterocycles. The number of nitrogens with one attached hydrogen (secondary N) is 4. The maximum Gasteiger partial charge on any atom is 0.315 e. The lowest BCUT2D eigenvalue weighted by molar-refractivity contribution is -0.145. The lowest BCUT2D eigenvalue weighted by Crippen LogP contribution is -2.64. The number of piperidine rings is 1. The highest BCUT2D eigenvalue weighted by atomic mass is 32.2. The summed E-state index contributed by atoms with van der Waals surface area (Å²) in [6.07, 6.45) is 13.1. The Morgan fingerprint density at radius 3 is 2.12 bits per heavy atom. The number of amides is 5. The Morgan fingerprint density at radius 2 is 1.55 bits per heavy atom. The third-order valence-corrected chi connectivity index (χ3v) is 15.1. The average Bonchev–Trinajstić information content (AvgIpc) is 3.42. The normalized spacial score (nSPS) is 25.8. The minimum atomic E-state index is -3.57. The topological polar surface area (TPSA) is 171 Å². The second kappa shape index (κ2) is 15.5. The van der Waals surface area contributed by atoms with Gasteiger partial charge in [0, 0.05) is 19.5 Å². The monoisotopic (exact) mass is 731 g/mol. The molecule has 5 atom stereocenters. The van der Waals surface area contributed by atoms with Gasteiger partial charge in [-0.15, -0.1) is 12.3 Å². The van der Waals surface area contributed by atoms with Crippen molar-refractivity contribution in [2.24, 2.45) is 22.7 Å². The summed E-state index contributed by atoms with van der Waals surface area (Å²) in [6, 6.07) is -3.60. The first-order valence-electron chi connectivity index (χ1n) is 18.9. The largest absolute Gasteiger partial charge is 0.349 e. The van der Waals surface area contributed by atoms with Crippen LogP contribution in [0.4, 0.5) is 4.79 Å². The third-order valence-electron chi connectivity index (χ3n) is 12.3. The van der Waals surface area contributed by atoms with Gasteiger partial charge in [0.25, 0.3) is 5.91 Å². The minimum Gasteiger partial charge on any atom is -0.349 e. The second-order valence-electron chi connectivity index (χ2n) is 17.4. The number of rotatable bonds is 14. The van der Waals surface area contributed by atoms with Crippen LogP contribution in [0.15, 0.2) is 0 Å². The van der Waals surface area contributed by atoms with Crippen molar-refractivity contribution < 1.29 is 32.4 Å². The van der Waals surface area contributed by atoms with Crippen molar-refractivity contribution in [3.05, 3.63) is 0 Å². The Balaban J connectivity index is 1.60. The number of urea groups is 1. The van der Waals surface area contributed by atoms with E-state index in [9.17, 15) is 32.4 Å². The van der Waals surface area contributed by atoms with Crippen LogP contribution in [0.5, 0.6) is 0 Å². The molecule has 1 heterocycles. The SMILES string of the molecule is C#CCCC(NC(=O)[C@@H]1[C@@H]2[C@H](CN1C(=O)[C@@H](NC(=O)NC1(CS(=O)(=O)C(C)(C)C)CCCCC1)C1(C)CCCC1)C2(C)C)C(=O)C(=O)NCCC. The maximum absolute atomic E-state index is 14.8. The molecule has 0 aromatic heterocycles. The highest BCUT2D eigenvalue weighted by molar-refractivity contribution is 7.92. The first kappa shape index (κ1) is 40.6. The fraction of sp³-hybridized carbons (Fsp3) is 0.816. The summed E-state index contributed by atoms with van der Waals surface area (Å²) in [5.74, 6) is -0.299. The molecule has 3 saturated carbocycles. The van der Waals surface area contributed by atoms with Crippen LogP contribution in [0.2, 0.25) is 0 Å². The summed E-state index contributed by atoms with van der Waals surface area (Å²) in [5, 5.41) is 11.4. The van der Waals surface area contributed by atoms with E-state index in [0.717, 1.165) is 32.1 Å². The molecule has 4 aliphatic rings. The molecule has 4 N–H and O–H groups in total. The number of fused-ring (bicyclic) bond motifs is 1. The van der Waals surface area contributed by atoms with E-state index >= 15 is 0 Å². The van der Waals surface area contributed by atoms with Gasteiger partial charge in [0.05, 0.1) is 22.1 Å². The summed E-state index contributed by atoms with van der Waals surface area (Å²) in [6.45, 7) is 13.6. The molecule has 286 valence electrons. The van der Waals surface area contributed by atoms with Crippen molar-refractivity contribution in [2.45, 2.75) is 154 Å². The molecule has 0 spiro atoms. The van der Waals surface area contributed by atoms with Crippen molar-refractivity contribution >= 4 is 39.4 Å². The van der Waals surface area contributed by atoms with Crippen LogP contribution >= 0.6 is 0 Å². The lowest BCUT2D eigenvalue weighted by atomic mass is 9.79. The van der Waals surface area contributed by atoms with E-state index < -0.39 is 67.3 Å². The van der Waals surface area contributed by atoms with Crippen LogP contribution in [0, 0.1) is 35.0 Å². The molecule has 0 bridgehead atoms. The Morgan fingerprint density at radius 1 is 0.941 bits per heavy atom. The van der Waals surface area contributed by atoms with E-state index in [0.29, 0.717) is 45.2 Å². The van der Waals surface area contributed by atoms with Crippen LogP contribution in [-0.2, 0) is 29.0 Å². The number of Topliss-reactive ketones (excluding diaryl/α,β-unsaturated/α-hetero) is 1. The van der Waals surface area contributed by atoms with E-state index in [4.69, 9.17) is 6.42 Å². The fourth-order valence-corrected chi connectivity index (χ4v) is 10.3. The van der Waals surface area contributed by atoms with E-state index in [1.807, 2.05) is 13.8 Å². The molecule has 51 heavy (non-hydrogen) atoms. The minimum absolute atomic E-state index is 0.0453. The van der Waals surface area contributed by atoms with Crippen molar-refractivity contribution in [2.75, 3.05) is 18.8 Å². The Kier molecular flexibility index (Phi) is 12.3. The molecule has 0 aromatic carbocycles. The molecular weight excluding hydrogens is 671 g/mol. The molecule has 0 radical (unpaired) electrons. The summed E-state index contributed by atoms with van der Waals surface area (Å²) >= 11 is 0. The average molecular weight is 732 g/mol. The summed E-state index contributed by atoms with van der Waals surface area (Å²) in [5.41, 5.74) is -1.76. The first-order chi connectivity index (χ1) is 23.7. The molecule has 12 nitrogen and oxygen atoms in total. The van der Waals surface area contributed by atoms with Gasteiger partial charge in [-0.1, -0.05) is 59.8 Å². The number of hydrogen-bond donors (Lipinski definition) is 4. The predicted octanol–water partition coefficient (Wildman–Crippen LogP) is 3.63. The summed E-state index contributed by atoms with van der Waals surface area (Å²) in [4.78, 5) is 70.2. The second-order valence-corrected chi connectivity index (χ2v) is 20.2. The number of hydrogen-bond acceptors (Lipinski definition) is 7. The van der Waals surface area contributed by atoms with Gasteiger partial charge in [-0.3, -0.25) is 19.2 Å². The van der Waals surface area contributed by atoms with Gasteiger partial charge in [0.1, 0.15) is 12.1 Å². The summed E-state index contributed by atoms with van der Waals surface area (Å²) in [7, 11) is -3.57. The summed E-state index contributed by atoms with van der Waals surface area (Å²) < 4.78 is 25.8. The van der Waals surface area contributed by atoms with Crippen LogP contribution < -0.4 is 21.3 Å². The van der Waals surface area contributed by atoms with Gasteiger partial charge in [-0.25, -0.2) is 13.2 Å². The van der Waals surface area contributed by atoms with Crippen LogP contribution in [-0.4, -0.2) is 90.1 Å². The number of sulfone groups is 1. The maximum atomic E-state index is 14.8. The number of nitrogens with zero attached hydrogens (tertiary/aromatic N) is 1. The number of terminal acetylenes is 1. The predicted molar refractivity (Wildman–Crippen MR) is 196 cm³/mol. The highest BCUT2D eigenvalue weighted by Crippen LogP contribution is 2.65. The van der Waals surface area contributed by atoms with Crippen molar-refractivity contribution in [1.29, 1.82) is 0 Å². The smallest absolute Gasteiger partial charge is 0.315 e. The number of ketones is 1. The van der Waals surface area contributed by atoms with Crippen molar-refractivity contribution in [3.8, 4) is 12.3 Å². The van der Waals surface area contributed by atoms with Gasteiger partial charge in [-0.05, 0) is 82.0 Å². The zero-order chi connectivity index (χ0) is 38.0. The van der Waals surface area contributed by atoms with Gasteiger partial charge in [0.15, 0.2) is 9.84 Å². The van der Waals surface area contributed by atoms with E-state index in [2.05, 4.69) is 41.0 Å². The number of carbonyl (C=O) groups excluding carboxylic acids is 5. The van der Waals surface area contributed by atoms with Gasteiger partial charge < -0.3 is 26.2 Å². The zero-order valence-corrected chi connectivity index (χ0v) is 32.6. The number of carbonyl (C=O) groups is 5. The van der Waals surface area contributed by atoms with Gasteiger partial charge in [0.2, 0.25) is 17.6 Å². The fourth-order valence-electron chi connectivity index (χ4n) is 8.74. The van der Waals surface area contributed by atoms with Crippen molar-refractivity contribution in [3.63, 3.8) is 0 Å². The third kappa shape index (κ3) is 8.74. The van der Waals surface area contributed by atoms with E-state index in [1.165, 1.54) is 0 Å². The standard InChI is InChI=1S/C38H61N5O7S/c1-9-11-17-26(29(44)32(46)39-22-10-2)40-31(45)28-27-25(36(27,6)7)23-43(28)33(47)30(37(8)18-15-16-19-37)41-34(48)42-38(20-13-12-14-21-38)24-51(49,50)35(3,4)5/h1,25-28,30H,10-24H2,2-8H3,(H,39,46)(H,40,45)(H2,41,42,48)/t25-,26?,27-,28-,30+/m0/s1. The van der Waals surface area contributed by atoms with Gasteiger partial charge in [-0.2, -0.15) is 0 Å². The molecule has 4 rings (SSSR count). The molecule has 3 aliphatic carbocycles. The zero-order valence-electron chi connectivity index (χ0n) is 31.8. The Bertz CT molecular complexity index is 1500. The molecular formula is C38H61N5O7S. The molecule has 13 heteroatoms. The van der Waals surface area contributed by atoms with Crippen LogP contribution in [0.3, 0.4) is 0 Å².